The lowest BCUT2D eigenvalue weighted by molar-refractivity contribution is 0.137. The molecule has 0 bridgehead atoms. The monoisotopic (exact) mass is 130 g/mol. The summed E-state index contributed by atoms with van der Waals surface area (Å²) in [6, 6.07) is 0. The fraction of sp³-hybridized carbons (Fsp3) is 0.333. The first-order valence-electron chi connectivity index (χ1n) is 2.25. The Morgan fingerprint density at radius 1 is 1.44 bits per heavy atom. The first-order valence-corrected chi connectivity index (χ1v) is 2.25. The van der Waals surface area contributed by atoms with E-state index in [4.69, 9.17) is 15.0 Å². The van der Waals surface area contributed by atoms with E-state index in [0.29, 0.717) is 0 Å². The zero-order chi connectivity index (χ0) is 7.86. The molecule has 0 heterocycles. The van der Waals surface area contributed by atoms with E-state index >= 15 is 0 Å². The van der Waals surface area contributed by atoms with Gasteiger partial charge in [0, 0.05) is 0 Å². The molecule has 0 radical (unpaired) electrons. The van der Waals surface area contributed by atoms with Crippen molar-refractivity contribution in [3.63, 3.8) is 0 Å². The van der Waals surface area contributed by atoms with Crippen molar-refractivity contribution >= 4 is 6.16 Å². The average molecular weight is 130 g/mol. The summed E-state index contributed by atoms with van der Waals surface area (Å²) < 4.78 is 0. The predicted molar refractivity (Wildman–Crippen MR) is 34.7 cm³/mol. The summed E-state index contributed by atoms with van der Waals surface area (Å²) in [5.74, 6) is 0. The average Bonchev–Trinajstić information content (AvgIpc) is 1.65. The Kier molecular flexibility index (Phi) is 8.08. The lowest BCUT2D eigenvalue weighted by Crippen LogP contribution is -1.81. The highest BCUT2D eigenvalue weighted by atomic mass is 16.6. The van der Waals surface area contributed by atoms with Gasteiger partial charge in [0.15, 0.2) is 0 Å². The van der Waals surface area contributed by atoms with Gasteiger partial charge in [0.1, 0.15) is 0 Å². The summed E-state index contributed by atoms with van der Waals surface area (Å²) in [4.78, 5) is 8.56. The summed E-state index contributed by atoms with van der Waals surface area (Å²) in [7, 11) is 0. The Hall–Kier alpha value is -1.21. The first-order chi connectivity index (χ1) is 4.00. The minimum Gasteiger partial charge on any atom is -0.450 e. The predicted octanol–water partition coefficient (Wildman–Crippen LogP) is 1.96. The standard InChI is InChI=1S/C5H8.CH2O3/c1-4-5(2)3;2-1(3)4/h1H2,2-3H3;(H2,2,3,4). The fourth-order valence-corrected chi connectivity index (χ4v) is 0. The van der Waals surface area contributed by atoms with Crippen LogP contribution in [0.25, 0.3) is 0 Å². The number of hydrogen-bond acceptors (Lipinski definition) is 1. The van der Waals surface area contributed by atoms with Crippen LogP contribution in [-0.2, 0) is 0 Å². The SMILES string of the molecule is C=C=C(C)C.O=C(O)O. The minimum atomic E-state index is -1.83. The number of rotatable bonds is 0. The van der Waals surface area contributed by atoms with Gasteiger partial charge < -0.3 is 10.2 Å². The molecule has 0 amide bonds. The molecule has 0 aromatic carbocycles. The Morgan fingerprint density at radius 2 is 1.56 bits per heavy atom. The topological polar surface area (TPSA) is 57.5 Å². The van der Waals surface area contributed by atoms with Gasteiger partial charge >= 0.3 is 6.16 Å². The number of allylic oxidation sites excluding steroid dienone is 1. The van der Waals surface area contributed by atoms with Gasteiger partial charge in [-0.15, -0.1) is 5.73 Å². The van der Waals surface area contributed by atoms with Gasteiger partial charge in [-0.1, -0.05) is 6.58 Å². The van der Waals surface area contributed by atoms with E-state index in [0.717, 1.165) is 5.57 Å². The van der Waals surface area contributed by atoms with Crippen molar-refractivity contribution in [2.24, 2.45) is 0 Å². The second kappa shape index (κ2) is 6.79. The maximum atomic E-state index is 8.56. The fourth-order valence-electron chi connectivity index (χ4n) is 0. The second-order valence-electron chi connectivity index (χ2n) is 1.46. The molecule has 2 N–H and O–H groups in total. The first kappa shape index (κ1) is 10.7. The molecule has 0 fully saturated rings. The van der Waals surface area contributed by atoms with Gasteiger partial charge in [-0.2, -0.15) is 0 Å². The van der Waals surface area contributed by atoms with Gasteiger partial charge in [-0.25, -0.2) is 4.79 Å². The van der Waals surface area contributed by atoms with E-state index in [1.165, 1.54) is 0 Å². The maximum absolute atomic E-state index is 8.56. The molecule has 52 valence electrons. The second-order valence-corrected chi connectivity index (χ2v) is 1.46. The Labute approximate surface area is 53.9 Å². The highest BCUT2D eigenvalue weighted by molar-refractivity contribution is 5.53. The lowest BCUT2D eigenvalue weighted by Gasteiger charge is -1.67. The van der Waals surface area contributed by atoms with Crippen LogP contribution < -0.4 is 0 Å². The highest BCUT2D eigenvalue weighted by Crippen LogP contribution is 1.77. The van der Waals surface area contributed by atoms with Crippen molar-refractivity contribution in [3.8, 4) is 0 Å². The van der Waals surface area contributed by atoms with E-state index in [1.54, 1.807) is 0 Å². The smallest absolute Gasteiger partial charge is 0.450 e. The van der Waals surface area contributed by atoms with Crippen LogP contribution in [0.2, 0.25) is 0 Å². The van der Waals surface area contributed by atoms with Crippen molar-refractivity contribution in [2.45, 2.75) is 13.8 Å². The van der Waals surface area contributed by atoms with Crippen LogP contribution in [0.4, 0.5) is 4.79 Å². The van der Waals surface area contributed by atoms with Gasteiger partial charge in [-0.05, 0) is 19.4 Å². The molecule has 0 aromatic rings. The largest absolute Gasteiger partial charge is 0.503 e. The van der Waals surface area contributed by atoms with Gasteiger partial charge in [0.2, 0.25) is 0 Å². The molecule has 3 nitrogen and oxygen atoms in total. The molecule has 0 aromatic heterocycles. The molecule has 0 rings (SSSR count). The molecular formula is C6H10O3. The minimum absolute atomic E-state index is 1.14. The van der Waals surface area contributed by atoms with E-state index < -0.39 is 6.16 Å². The summed E-state index contributed by atoms with van der Waals surface area (Å²) in [5.41, 5.74) is 3.84. The molecule has 0 saturated carbocycles. The third kappa shape index (κ3) is 250. The number of hydrogen-bond donors (Lipinski definition) is 2. The molecule has 9 heavy (non-hydrogen) atoms. The van der Waals surface area contributed by atoms with Crippen LogP contribution >= 0.6 is 0 Å². The summed E-state index contributed by atoms with van der Waals surface area (Å²) in [6.45, 7) is 7.33. The Balaban J connectivity index is 0. The summed E-state index contributed by atoms with van der Waals surface area (Å²) in [6.07, 6.45) is -1.83. The van der Waals surface area contributed by atoms with Gasteiger partial charge in [0.05, 0.1) is 0 Å². The van der Waals surface area contributed by atoms with Crippen molar-refractivity contribution in [1.29, 1.82) is 0 Å². The van der Waals surface area contributed by atoms with Crippen molar-refractivity contribution in [1.82, 2.24) is 0 Å². The van der Waals surface area contributed by atoms with Crippen LogP contribution in [0.3, 0.4) is 0 Å². The quantitative estimate of drug-likeness (QED) is 0.493. The van der Waals surface area contributed by atoms with Crippen molar-refractivity contribution in [3.05, 3.63) is 17.9 Å². The lowest BCUT2D eigenvalue weighted by atomic mass is 10.4. The van der Waals surface area contributed by atoms with Crippen molar-refractivity contribution in [2.75, 3.05) is 0 Å². The van der Waals surface area contributed by atoms with E-state index in [9.17, 15) is 0 Å². The zero-order valence-corrected chi connectivity index (χ0v) is 5.51. The van der Waals surface area contributed by atoms with E-state index in [2.05, 4.69) is 12.3 Å². The van der Waals surface area contributed by atoms with E-state index in [-0.39, 0.29) is 0 Å². The van der Waals surface area contributed by atoms with E-state index in [1.807, 2.05) is 13.8 Å². The number of carboxylic acid groups (broad SMARTS) is 2. The van der Waals surface area contributed by atoms with Crippen LogP contribution in [0.15, 0.2) is 17.9 Å². The van der Waals surface area contributed by atoms with Crippen molar-refractivity contribution < 1.29 is 15.0 Å². The molecule has 0 unspecified atom stereocenters. The number of carbonyl (C=O) groups is 1. The third-order valence-electron chi connectivity index (χ3n) is 0.354. The molecule has 0 aliphatic rings. The third-order valence-corrected chi connectivity index (χ3v) is 0.354. The zero-order valence-electron chi connectivity index (χ0n) is 5.51. The molecule has 0 saturated heterocycles. The Morgan fingerprint density at radius 3 is 1.56 bits per heavy atom. The molecule has 0 aliphatic heterocycles. The van der Waals surface area contributed by atoms with Gasteiger partial charge in [-0.3, -0.25) is 0 Å². The molecule has 3 heteroatoms. The van der Waals surface area contributed by atoms with Crippen LogP contribution in [0, 0.1) is 0 Å². The maximum Gasteiger partial charge on any atom is 0.503 e. The normalized spacial score (nSPS) is 6.00. The summed E-state index contributed by atoms with van der Waals surface area (Å²) in [5, 5.41) is 13.9. The van der Waals surface area contributed by atoms with Crippen LogP contribution in [0.5, 0.6) is 0 Å². The van der Waals surface area contributed by atoms with Crippen LogP contribution in [-0.4, -0.2) is 16.4 Å². The molecule has 0 atom stereocenters. The molecule has 0 aliphatic carbocycles. The highest BCUT2D eigenvalue weighted by Gasteiger charge is 1.70. The van der Waals surface area contributed by atoms with Gasteiger partial charge in [0.25, 0.3) is 0 Å². The molecule has 0 spiro atoms. The summed E-state index contributed by atoms with van der Waals surface area (Å²) >= 11 is 0. The molecular weight excluding hydrogens is 120 g/mol. The van der Waals surface area contributed by atoms with Crippen LogP contribution in [0.1, 0.15) is 13.8 Å². The Bertz CT molecular complexity index is 123.